The first-order chi connectivity index (χ1) is 14.7. The number of carboxylic acid groups (broad SMARTS) is 1. The number of benzene rings is 2. The number of halogens is 1. The summed E-state index contributed by atoms with van der Waals surface area (Å²) < 4.78 is 24.8. The number of rotatable bonds is 9. The van der Waals surface area contributed by atoms with Crippen molar-refractivity contribution in [3.8, 4) is 5.75 Å². The maximum atomic E-state index is 13.9. The topological polar surface area (TPSA) is 122 Å². The number of carbonyl (C=O) groups is 3. The van der Waals surface area contributed by atoms with Gasteiger partial charge >= 0.3 is 12.1 Å². The monoisotopic (exact) mass is 431 g/mol. The molecule has 0 saturated heterocycles. The number of hydrogen-bond acceptors (Lipinski definition) is 6. The molecule has 0 spiro atoms. The zero-order valence-electron chi connectivity index (χ0n) is 16.9. The highest BCUT2D eigenvalue weighted by atomic mass is 19.1. The first-order valence-corrected chi connectivity index (χ1v) is 9.31. The van der Waals surface area contributed by atoms with Crippen LogP contribution < -0.4 is 5.32 Å². The normalized spacial score (nSPS) is 12.9. The van der Waals surface area contributed by atoms with E-state index in [1.165, 1.54) is 43.3 Å². The minimum atomic E-state index is -1.24. The number of aromatic hydroxyl groups is 1. The quantitative estimate of drug-likeness (QED) is 0.404. The number of phenols is 1. The van der Waals surface area contributed by atoms with E-state index in [0.29, 0.717) is 11.3 Å². The van der Waals surface area contributed by atoms with Gasteiger partial charge in [0, 0.05) is 23.9 Å². The number of hydrogen-bond donors (Lipinski definition) is 3. The van der Waals surface area contributed by atoms with Crippen LogP contribution in [0.3, 0.4) is 0 Å². The molecule has 2 aromatic carbocycles. The third kappa shape index (κ3) is 6.93. The molecule has 9 heteroatoms. The molecule has 164 valence electrons. The van der Waals surface area contributed by atoms with Gasteiger partial charge in [0.25, 0.3) is 0 Å². The molecule has 0 aliphatic carbocycles. The molecule has 0 radical (unpaired) electrons. The van der Waals surface area contributed by atoms with Crippen LogP contribution in [0.25, 0.3) is 0 Å². The molecule has 31 heavy (non-hydrogen) atoms. The number of carbonyl (C=O) groups excluding carboxylic acids is 2. The van der Waals surface area contributed by atoms with E-state index in [-0.39, 0.29) is 18.0 Å². The largest absolute Gasteiger partial charge is 0.505 e. The van der Waals surface area contributed by atoms with Crippen molar-refractivity contribution in [2.75, 3.05) is 11.9 Å². The molecule has 1 amide bonds. The Balaban J connectivity index is 2.29. The molecular formula is C22H22FNO7. The number of carboxylic acids is 1. The fourth-order valence-electron chi connectivity index (χ4n) is 2.69. The molecule has 0 bridgehead atoms. The van der Waals surface area contributed by atoms with Gasteiger partial charge in [0.15, 0.2) is 23.5 Å². The van der Waals surface area contributed by atoms with Crippen molar-refractivity contribution >= 4 is 23.5 Å². The zero-order chi connectivity index (χ0) is 23.0. The van der Waals surface area contributed by atoms with Crippen LogP contribution in [0, 0.1) is 5.82 Å². The van der Waals surface area contributed by atoms with Gasteiger partial charge in [-0.05, 0) is 61.9 Å². The molecule has 2 rings (SSSR count). The highest BCUT2D eigenvalue weighted by Gasteiger charge is 2.27. The first-order valence-electron chi connectivity index (χ1n) is 9.31. The number of ether oxygens (including phenoxy) is 2. The van der Waals surface area contributed by atoms with Crippen molar-refractivity contribution in [3.05, 3.63) is 71.6 Å². The SMILES string of the molecule is CCO[C@@H](/C=C/C(=O)O)[C@@H](OC(=O)Nc1ccc(C(C)=O)cc1)c1ccc(O)c(F)c1. The van der Waals surface area contributed by atoms with Crippen molar-refractivity contribution < 1.29 is 38.5 Å². The average molecular weight is 431 g/mol. The summed E-state index contributed by atoms with van der Waals surface area (Å²) in [6.45, 7) is 3.23. The molecule has 2 aromatic rings. The summed E-state index contributed by atoms with van der Waals surface area (Å²) in [5, 5.41) is 20.8. The first kappa shape index (κ1) is 23.6. The molecule has 3 N–H and O–H groups in total. The Morgan fingerprint density at radius 3 is 2.39 bits per heavy atom. The second-order valence-electron chi connectivity index (χ2n) is 6.41. The fourth-order valence-corrected chi connectivity index (χ4v) is 2.69. The maximum Gasteiger partial charge on any atom is 0.412 e. The number of phenolic OH excluding ortho intramolecular Hbond substituents is 1. The molecule has 0 aromatic heterocycles. The van der Waals surface area contributed by atoms with Gasteiger partial charge in [-0.3, -0.25) is 10.1 Å². The summed E-state index contributed by atoms with van der Waals surface area (Å²) >= 11 is 0. The van der Waals surface area contributed by atoms with E-state index < -0.39 is 35.8 Å². The zero-order valence-corrected chi connectivity index (χ0v) is 16.9. The van der Waals surface area contributed by atoms with Crippen LogP contribution in [-0.2, 0) is 14.3 Å². The summed E-state index contributed by atoms with van der Waals surface area (Å²) in [7, 11) is 0. The van der Waals surface area contributed by atoms with Crippen molar-refractivity contribution in [2.45, 2.75) is 26.1 Å². The summed E-state index contributed by atoms with van der Waals surface area (Å²) in [5.74, 6) is -2.90. The number of aliphatic carboxylic acids is 1. The van der Waals surface area contributed by atoms with Gasteiger partial charge in [0.2, 0.25) is 0 Å². The Labute approximate surface area is 177 Å². The van der Waals surface area contributed by atoms with E-state index in [1.54, 1.807) is 6.92 Å². The Morgan fingerprint density at radius 1 is 1.16 bits per heavy atom. The summed E-state index contributed by atoms with van der Waals surface area (Å²) in [6.07, 6.45) is -1.18. The number of ketones is 1. The Hall–Kier alpha value is -3.72. The minimum Gasteiger partial charge on any atom is -0.505 e. The van der Waals surface area contributed by atoms with Crippen molar-refractivity contribution in [1.82, 2.24) is 0 Å². The number of amides is 1. The average Bonchev–Trinajstić information content (AvgIpc) is 2.72. The van der Waals surface area contributed by atoms with Gasteiger partial charge in [0.1, 0.15) is 6.10 Å². The van der Waals surface area contributed by atoms with Crippen molar-refractivity contribution in [2.24, 2.45) is 0 Å². The highest BCUT2D eigenvalue weighted by molar-refractivity contribution is 5.95. The molecule has 0 fully saturated rings. The van der Waals surface area contributed by atoms with E-state index >= 15 is 0 Å². The Kier molecular flexibility index (Phi) is 8.27. The third-order valence-corrected chi connectivity index (χ3v) is 4.16. The molecule has 0 saturated carbocycles. The predicted octanol–water partition coefficient (Wildman–Crippen LogP) is 4.07. The Morgan fingerprint density at radius 2 is 1.84 bits per heavy atom. The lowest BCUT2D eigenvalue weighted by molar-refractivity contribution is -0.131. The third-order valence-electron chi connectivity index (χ3n) is 4.16. The molecule has 2 atom stereocenters. The van der Waals surface area contributed by atoms with E-state index in [0.717, 1.165) is 18.2 Å². The molecule has 8 nitrogen and oxygen atoms in total. The van der Waals surface area contributed by atoms with E-state index in [4.69, 9.17) is 14.6 Å². The smallest absolute Gasteiger partial charge is 0.412 e. The molecule has 0 heterocycles. The lowest BCUT2D eigenvalue weighted by Crippen LogP contribution is -2.28. The molecular weight excluding hydrogens is 409 g/mol. The number of anilines is 1. The predicted molar refractivity (Wildman–Crippen MR) is 110 cm³/mol. The van der Waals surface area contributed by atoms with Crippen LogP contribution in [0.4, 0.5) is 14.9 Å². The lowest BCUT2D eigenvalue weighted by atomic mass is 10.0. The van der Waals surface area contributed by atoms with Crippen molar-refractivity contribution in [3.63, 3.8) is 0 Å². The second kappa shape index (κ2) is 10.9. The summed E-state index contributed by atoms with van der Waals surface area (Å²) in [5.41, 5.74) is 0.956. The van der Waals surface area contributed by atoms with Gasteiger partial charge in [0.05, 0.1) is 0 Å². The number of nitrogens with one attached hydrogen (secondary N) is 1. The summed E-state index contributed by atoms with van der Waals surface area (Å²) in [4.78, 5) is 34.8. The van der Waals surface area contributed by atoms with Gasteiger partial charge in [-0.1, -0.05) is 6.07 Å². The van der Waals surface area contributed by atoms with Crippen LogP contribution in [0.15, 0.2) is 54.6 Å². The van der Waals surface area contributed by atoms with Crippen LogP contribution in [0.2, 0.25) is 0 Å². The van der Waals surface area contributed by atoms with Crippen LogP contribution in [-0.4, -0.2) is 40.8 Å². The molecule has 0 aliphatic rings. The second-order valence-corrected chi connectivity index (χ2v) is 6.41. The fraction of sp³-hybridized carbons (Fsp3) is 0.227. The van der Waals surface area contributed by atoms with Crippen LogP contribution >= 0.6 is 0 Å². The van der Waals surface area contributed by atoms with Gasteiger partial charge in [-0.2, -0.15) is 0 Å². The molecule has 0 unspecified atom stereocenters. The van der Waals surface area contributed by atoms with Crippen molar-refractivity contribution in [1.29, 1.82) is 0 Å². The highest BCUT2D eigenvalue weighted by Crippen LogP contribution is 2.29. The van der Waals surface area contributed by atoms with E-state index in [2.05, 4.69) is 5.32 Å². The Bertz CT molecular complexity index is 972. The lowest BCUT2D eigenvalue weighted by Gasteiger charge is -2.25. The van der Waals surface area contributed by atoms with Crippen LogP contribution in [0.5, 0.6) is 5.75 Å². The number of Topliss-reactive ketones (excluding diaryl/α,β-unsaturated/α-hetero) is 1. The van der Waals surface area contributed by atoms with Gasteiger partial charge in [-0.25, -0.2) is 14.0 Å². The van der Waals surface area contributed by atoms with E-state index in [1.807, 2.05) is 0 Å². The van der Waals surface area contributed by atoms with Gasteiger partial charge < -0.3 is 19.7 Å². The minimum absolute atomic E-state index is 0.131. The van der Waals surface area contributed by atoms with E-state index in [9.17, 15) is 23.9 Å². The maximum absolute atomic E-state index is 13.9. The van der Waals surface area contributed by atoms with Gasteiger partial charge in [-0.15, -0.1) is 0 Å². The van der Waals surface area contributed by atoms with Crippen LogP contribution in [0.1, 0.15) is 35.9 Å². The molecule has 0 aliphatic heterocycles. The standard InChI is InChI=1S/C22H22FNO7/c1-3-30-19(10-11-20(27)28)21(15-6-9-18(26)17(23)12-15)31-22(29)24-16-7-4-14(5-8-16)13(2)25/h4-12,19,21,26H,3H2,1-2H3,(H,24,29)(H,27,28)/b11-10+/t19-,21-/m0/s1. The summed E-state index contributed by atoms with van der Waals surface area (Å²) in [6, 6.07) is 9.47.